The summed E-state index contributed by atoms with van der Waals surface area (Å²) in [6.07, 6.45) is 0. The molecule has 0 aliphatic heterocycles. The molecule has 0 spiro atoms. The second-order valence-corrected chi connectivity index (χ2v) is 6.67. The third-order valence-electron chi connectivity index (χ3n) is 4.68. The van der Waals surface area contributed by atoms with Crippen molar-refractivity contribution in [2.24, 2.45) is 0 Å². The summed E-state index contributed by atoms with van der Waals surface area (Å²) in [6, 6.07) is 19.3. The van der Waals surface area contributed by atoms with E-state index in [0.29, 0.717) is 23.5 Å². The molecular formula is C24H24O5. The SMILES string of the molecule is COC(=O)c1c(O)c(C)c(OCc2ccccc2)c(C)c1OCc1ccccc1. The Balaban J connectivity index is 1.98. The number of carbonyl (C=O) groups excluding carboxylic acids is 1. The molecule has 150 valence electrons. The minimum atomic E-state index is -0.661. The van der Waals surface area contributed by atoms with Crippen LogP contribution in [0.5, 0.6) is 17.2 Å². The van der Waals surface area contributed by atoms with Crippen molar-refractivity contribution in [2.75, 3.05) is 7.11 Å². The van der Waals surface area contributed by atoms with Crippen LogP contribution >= 0.6 is 0 Å². The zero-order valence-corrected chi connectivity index (χ0v) is 16.8. The first-order chi connectivity index (χ1) is 14.0. The van der Waals surface area contributed by atoms with Gasteiger partial charge in [0.25, 0.3) is 0 Å². The molecule has 0 aliphatic rings. The van der Waals surface area contributed by atoms with Gasteiger partial charge in [-0.3, -0.25) is 0 Å². The smallest absolute Gasteiger partial charge is 0.345 e. The van der Waals surface area contributed by atoms with Crippen molar-refractivity contribution in [3.8, 4) is 17.2 Å². The Morgan fingerprint density at radius 1 is 0.793 bits per heavy atom. The van der Waals surface area contributed by atoms with Crippen molar-refractivity contribution in [3.05, 3.63) is 88.5 Å². The average molecular weight is 392 g/mol. The average Bonchev–Trinajstić information content (AvgIpc) is 2.76. The summed E-state index contributed by atoms with van der Waals surface area (Å²) in [5.41, 5.74) is 3.04. The van der Waals surface area contributed by atoms with Crippen molar-refractivity contribution in [1.29, 1.82) is 0 Å². The summed E-state index contributed by atoms with van der Waals surface area (Å²) >= 11 is 0. The van der Waals surface area contributed by atoms with Crippen molar-refractivity contribution in [1.82, 2.24) is 0 Å². The van der Waals surface area contributed by atoms with Gasteiger partial charge in [-0.15, -0.1) is 0 Å². The molecule has 0 amide bonds. The molecule has 0 bridgehead atoms. The molecule has 0 fully saturated rings. The van der Waals surface area contributed by atoms with Gasteiger partial charge in [0.1, 0.15) is 36.0 Å². The predicted molar refractivity (Wildman–Crippen MR) is 110 cm³/mol. The van der Waals surface area contributed by atoms with Crippen LogP contribution in [-0.4, -0.2) is 18.2 Å². The van der Waals surface area contributed by atoms with Crippen LogP contribution < -0.4 is 9.47 Å². The molecule has 29 heavy (non-hydrogen) atoms. The number of methoxy groups -OCH3 is 1. The van der Waals surface area contributed by atoms with Gasteiger partial charge in [-0.1, -0.05) is 60.7 Å². The molecule has 0 radical (unpaired) electrons. The van der Waals surface area contributed by atoms with Crippen molar-refractivity contribution < 1.29 is 24.1 Å². The number of carbonyl (C=O) groups is 1. The lowest BCUT2D eigenvalue weighted by Crippen LogP contribution is -2.10. The van der Waals surface area contributed by atoms with Gasteiger partial charge in [0.05, 0.1) is 7.11 Å². The molecular weight excluding hydrogens is 368 g/mol. The normalized spacial score (nSPS) is 10.4. The second kappa shape index (κ2) is 9.15. The van der Waals surface area contributed by atoms with E-state index in [1.54, 1.807) is 13.8 Å². The van der Waals surface area contributed by atoms with E-state index in [-0.39, 0.29) is 23.7 Å². The first kappa shape index (κ1) is 20.3. The minimum Gasteiger partial charge on any atom is -0.506 e. The Bertz CT molecular complexity index is 981. The Labute approximate surface area is 170 Å². The van der Waals surface area contributed by atoms with Crippen LogP contribution in [0, 0.1) is 13.8 Å². The van der Waals surface area contributed by atoms with Crippen LogP contribution in [0.3, 0.4) is 0 Å². The van der Waals surface area contributed by atoms with Gasteiger partial charge in [0.2, 0.25) is 0 Å². The van der Waals surface area contributed by atoms with E-state index in [4.69, 9.17) is 14.2 Å². The fourth-order valence-electron chi connectivity index (χ4n) is 3.12. The molecule has 0 aliphatic carbocycles. The molecule has 0 heterocycles. The Kier molecular flexibility index (Phi) is 6.39. The van der Waals surface area contributed by atoms with Gasteiger partial charge < -0.3 is 19.3 Å². The van der Waals surface area contributed by atoms with E-state index in [2.05, 4.69) is 0 Å². The van der Waals surface area contributed by atoms with E-state index in [0.717, 1.165) is 11.1 Å². The fourth-order valence-corrected chi connectivity index (χ4v) is 3.12. The molecule has 0 aromatic heterocycles. The molecule has 3 aromatic carbocycles. The standard InChI is InChI=1S/C24H24O5/c1-16-21(25)20(24(26)27-3)23(29-15-19-12-8-5-9-13-19)17(2)22(16)28-14-18-10-6-4-7-11-18/h4-13,25H,14-15H2,1-3H3. The first-order valence-electron chi connectivity index (χ1n) is 9.30. The van der Waals surface area contributed by atoms with Gasteiger partial charge in [-0.05, 0) is 25.0 Å². The van der Waals surface area contributed by atoms with Gasteiger partial charge >= 0.3 is 5.97 Å². The number of esters is 1. The maximum absolute atomic E-state index is 12.4. The Morgan fingerprint density at radius 3 is 1.76 bits per heavy atom. The summed E-state index contributed by atoms with van der Waals surface area (Å²) in [7, 11) is 1.27. The van der Waals surface area contributed by atoms with Crippen LogP contribution in [0.25, 0.3) is 0 Å². The van der Waals surface area contributed by atoms with Gasteiger partial charge in [-0.2, -0.15) is 0 Å². The fraction of sp³-hybridized carbons (Fsp3) is 0.208. The van der Waals surface area contributed by atoms with Crippen LogP contribution in [0.1, 0.15) is 32.6 Å². The topological polar surface area (TPSA) is 65.0 Å². The molecule has 3 rings (SSSR count). The Morgan fingerprint density at radius 2 is 1.28 bits per heavy atom. The zero-order chi connectivity index (χ0) is 20.8. The minimum absolute atomic E-state index is 0.00509. The quantitative estimate of drug-likeness (QED) is 0.576. The van der Waals surface area contributed by atoms with E-state index in [1.165, 1.54) is 7.11 Å². The summed E-state index contributed by atoms with van der Waals surface area (Å²) in [6.45, 7) is 4.08. The monoisotopic (exact) mass is 392 g/mol. The molecule has 0 atom stereocenters. The summed E-state index contributed by atoms with van der Waals surface area (Å²) in [5.74, 6) is -0.117. The van der Waals surface area contributed by atoms with Crippen LogP contribution in [0.4, 0.5) is 0 Å². The summed E-state index contributed by atoms with van der Waals surface area (Å²) < 4.78 is 16.8. The third-order valence-corrected chi connectivity index (χ3v) is 4.68. The van der Waals surface area contributed by atoms with Crippen LogP contribution in [0.2, 0.25) is 0 Å². The number of phenolic OH excluding ortho intramolecular Hbond substituents is 1. The number of ether oxygens (including phenoxy) is 3. The highest BCUT2D eigenvalue weighted by atomic mass is 16.5. The molecule has 5 heteroatoms. The van der Waals surface area contributed by atoms with Gasteiger partial charge in [0, 0.05) is 11.1 Å². The first-order valence-corrected chi connectivity index (χ1v) is 9.30. The third kappa shape index (κ3) is 4.51. The highest BCUT2D eigenvalue weighted by molar-refractivity contribution is 5.97. The van der Waals surface area contributed by atoms with Crippen LogP contribution in [0.15, 0.2) is 60.7 Å². The maximum atomic E-state index is 12.4. The molecule has 1 N–H and O–H groups in total. The molecule has 0 saturated heterocycles. The summed E-state index contributed by atoms with van der Waals surface area (Å²) in [5, 5.41) is 10.7. The van der Waals surface area contributed by atoms with Crippen molar-refractivity contribution in [2.45, 2.75) is 27.1 Å². The Hall–Kier alpha value is -3.47. The largest absolute Gasteiger partial charge is 0.506 e. The maximum Gasteiger partial charge on any atom is 0.345 e. The molecule has 3 aromatic rings. The van der Waals surface area contributed by atoms with Crippen molar-refractivity contribution >= 4 is 5.97 Å². The number of rotatable bonds is 7. The number of aromatic hydroxyl groups is 1. The summed E-state index contributed by atoms with van der Waals surface area (Å²) in [4.78, 5) is 12.4. The van der Waals surface area contributed by atoms with Gasteiger partial charge in [0.15, 0.2) is 0 Å². The predicted octanol–water partition coefficient (Wildman–Crippen LogP) is 4.95. The molecule has 0 saturated carbocycles. The molecule has 5 nitrogen and oxygen atoms in total. The highest BCUT2D eigenvalue weighted by Gasteiger charge is 2.27. The molecule has 0 unspecified atom stereocenters. The lowest BCUT2D eigenvalue weighted by molar-refractivity contribution is 0.0591. The van der Waals surface area contributed by atoms with Crippen LogP contribution in [-0.2, 0) is 18.0 Å². The number of hydrogen-bond acceptors (Lipinski definition) is 5. The van der Waals surface area contributed by atoms with E-state index in [9.17, 15) is 9.90 Å². The lowest BCUT2D eigenvalue weighted by Gasteiger charge is -2.20. The van der Waals surface area contributed by atoms with Crippen molar-refractivity contribution in [3.63, 3.8) is 0 Å². The van der Waals surface area contributed by atoms with E-state index < -0.39 is 5.97 Å². The zero-order valence-electron chi connectivity index (χ0n) is 16.8. The second-order valence-electron chi connectivity index (χ2n) is 6.67. The van der Waals surface area contributed by atoms with E-state index in [1.807, 2.05) is 60.7 Å². The highest BCUT2D eigenvalue weighted by Crippen LogP contribution is 2.43. The lowest BCUT2D eigenvalue weighted by atomic mass is 10.0. The van der Waals surface area contributed by atoms with Gasteiger partial charge in [-0.25, -0.2) is 4.79 Å². The van der Waals surface area contributed by atoms with E-state index >= 15 is 0 Å². The number of phenols is 1. The number of hydrogen-bond donors (Lipinski definition) is 1. The number of benzene rings is 3.